The summed E-state index contributed by atoms with van der Waals surface area (Å²) in [7, 11) is 1.83. The molecule has 0 bridgehead atoms. The number of nitrogens with zero attached hydrogens (tertiary/aromatic N) is 4. The highest BCUT2D eigenvalue weighted by Gasteiger charge is 2.30. The molecule has 2 heterocycles. The van der Waals surface area contributed by atoms with Crippen molar-refractivity contribution < 1.29 is 14.0 Å². The Balaban J connectivity index is 1.44. The first-order valence-corrected chi connectivity index (χ1v) is 9.68. The Labute approximate surface area is 168 Å². The van der Waals surface area contributed by atoms with E-state index in [1.807, 2.05) is 38.2 Å². The molecule has 7 heteroatoms. The lowest BCUT2D eigenvalue weighted by molar-refractivity contribution is 0.0498. The molecule has 3 aromatic rings. The summed E-state index contributed by atoms with van der Waals surface area (Å²) in [5.41, 5.74) is 1.88. The number of aryl methyl sites for hydroxylation is 1. The van der Waals surface area contributed by atoms with Gasteiger partial charge in [0.2, 0.25) is 0 Å². The van der Waals surface area contributed by atoms with E-state index in [9.17, 15) is 14.0 Å². The number of carbonyl (C=O) groups is 2. The Morgan fingerprint density at radius 1 is 1.10 bits per heavy atom. The van der Waals surface area contributed by atoms with Crippen LogP contribution in [0.25, 0.3) is 10.9 Å². The lowest BCUT2D eigenvalue weighted by atomic mass is 10.1. The van der Waals surface area contributed by atoms with Crippen molar-refractivity contribution in [3.63, 3.8) is 0 Å². The standard InChI is InChI=1S/C22H23FN4O2/c1-15-13-27(22(29)21-18-5-3-4-6-19(18)25(2)24-21)12-11-26(15)14-20(28)16-7-9-17(23)10-8-16/h3-10,15H,11-14H2,1-2H3/t15-/m0/s1. The Kier molecular flexibility index (Phi) is 5.15. The highest BCUT2D eigenvalue weighted by Crippen LogP contribution is 2.21. The van der Waals surface area contributed by atoms with Crippen LogP contribution in [0.5, 0.6) is 0 Å². The van der Waals surface area contributed by atoms with Gasteiger partial charge in [0.15, 0.2) is 11.5 Å². The fourth-order valence-electron chi connectivity index (χ4n) is 3.85. The number of rotatable bonds is 4. The summed E-state index contributed by atoms with van der Waals surface area (Å²) in [6, 6.07) is 13.3. The maximum atomic E-state index is 13.1. The number of carbonyl (C=O) groups excluding carboxylic acids is 2. The number of aromatic nitrogens is 2. The van der Waals surface area contributed by atoms with Crippen molar-refractivity contribution >= 4 is 22.6 Å². The summed E-state index contributed by atoms with van der Waals surface area (Å²) in [5.74, 6) is -0.491. The number of ketones is 1. The monoisotopic (exact) mass is 394 g/mol. The van der Waals surface area contributed by atoms with Gasteiger partial charge in [0.05, 0.1) is 12.1 Å². The minimum absolute atomic E-state index is 0.0343. The topological polar surface area (TPSA) is 58.4 Å². The predicted molar refractivity (Wildman–Crippen MR) is 108 cm³/mol. The molecule has 0 saturated carbocycles. The van der Waals surface area contributed by atoms with Crippen LogP contribution in [-0.2, 0) is 7.05 Å². The number of para-hydroxylation sites is 1. The molecular weight excluding hydrogens is 371 g/mol. The molecule has 2 aromatic carbocycles. The van der Waals surface area contributed by atoms with Gasteiger partial charge in [0.25, 0.3) is 5.91 Å². The Morgan fingerprint density at radius 2 is 1.83 bits per heavy atom. The van der Waals surface area contributed by atoms with Crippen LogP contribution in [0, 0.1) is 5.82 Å². The molecule has 0 spiro atoms. The van der Waals surface area contributed by atoms with Gasteiger partial charge in [-0.3, -0.25) is 19.2 Å². The number of benzene rings is 2. The minimum atomic E-state index is -0.357. The number of amides is 1. The van der Waals surface area contributed by atoms with Gasteiger partial charge in [-0.25, -0.2) is 4.39 Å². The van der Waals surface area contributed by atoms with Gasteiger partial charge in [-0.2, -0.15) is 5.10 Å². The molecule has 6 nitrogen and oxygen atoms in total. The van der Waals surface area contributed by atoms with Crippen molar-refractivity contribution in [2.45, 2.75) is 13.0 Å². The fourth-order valence-corrected chi connectivity index (χ4v) is 3.85. The number of halogens is 1. The first-order valence-electron chi connectivity index (χ1n) is 9.68. The molecule has 1 fully saturated rings. The van der Waals surface area contributed by atoms with Gasteiger partial charge < -0.3 is 4.90 Å². The first-order chi connectivity index (χ1) is 13.9. The summed E-state index contributed by atoms with van der Waals surface area (Å²) in [6.07, 6.45) is 0. The Hall–Kier alpha value is -3.06. The largest absolute Gasteiger partial charge is 0.334 e. The summed E-state index contributed by atoms with van der Waals surface area (Å²) in [6.45, 7) is 3.92. The van der Waals surface area contributed by atoms with E-state index in [-0.39, 0.29) is 30.1 Å². The van der Waals surface area contributed by atoms with E-state index in [0.717, 1.165) is 10.9 Å². The highest BCUT2D eigenvalue weighted by atomic mass is 19.1. The third-order valence-corrected chi connectivity index (χ3v) is 5.53. The second-order valence-corrected chi connectivity index (χ2v) is 7.49. The minimum Gasteiger partial charge on any atom is -0.334 e. The van der Waals surface area contributed by atoms with Gasteiger partial charge in [-0.1, -0.05) is 18.2 Å². The quantitative estimate of drug-likeness (QED) is 0.639. The summed E-state index contributed by atoms with van der Waals surface area (Å²) in [4.78, 5) is 29.4. The average molecular weight is 394 g/mol. The average Bonchev–Trinajstić information content (AvgIpc) is 3.06. The van der Waals surface area contributed by atoms with Gasteiger partial charge in [-0.15, -0.1) is 0 Å². The van der Waals surface area contributed by atoms with Gasteiger partial charge >= 0.3 is 0 Å². The van der Waals surface area contributed by atoms with E-state index in [0.29, 0.717) is 30.9 Å². The Morgan fingerprint density at radius 3 is 2.55 bits per heavy atom. The van der Waals surface area contributed by atoms with Gasteiger partial charge in [-0.05, 0) is 37.3 Å². The predicted octanol–water partition coefficient (Wildman–Crippen LogP) is 2.74. The normalized spacial score (nSPS) is 17.6. The molecule has 150 valence electrons. The fraction of sp³-hybridized carbons (Fsp3) is 0.318. The van der Waals surface area contributed by atoms with Crippen LogP contribution in [-0.4, -0.2) is 63.5 Å². The van der Waals surface area contributed by atoms with E-state index in [1.165, 1.54) is 24.3 Å². The molecule has 0 radical (unpaired) electrons. The smallest absolute Gasteiger partial charge is 0.275 e. The lowest BCUT2D eigenvalue weighted by Crippen LogP contribution is -2.54. The maximum Gasteiger partial charge on any atom is 0.275 e. The van der Waals surface area contributed by atoms with Crippen LogP contribution >= 0.6 is 0 Å². The Bertz CT molecular complexity index is 1060. The van der Waals surface area contributed by atoms with Gasteiger partial charge in [0, 0.05) is 43.7 Å². The van der Waals surface area contributed by atoms with Crippen LogP contribution < -0.4 is 0 Å². The second kappa shape index (κ2) is 7.75. The van der Waals surface area contributed by atoms with Crippen molar-refractivity contribution in [3.8, 4) is 0 Å². The van der Waals surface area contributed by atoms with Crippen molar-refractivity contribution in [2.24, 2.45) is 7.05 Å². The zero-order chi connectivity index (χ0) is 20.5. The van der Waals surface area contributed by atoms with E-state index in [2.05, 4.69) is 10.00 Å². The third-order valence-electron chi connectivity index (χ3n) is 5.53. The maximum absolute atomic E-state index is 13.1. The molecule has 0 N–H and O–H groups in total. The SMILES string of the molecule is C[C@H]1CN(C(=O)c2nn(C)c3ccccc23)CCN1CC(=O)c1ccc(F)cc1. The molecule has 1 atom stereocenters. The van der Waals surface area contributed by atoms with Crippen LogP contribution in [0.3, 0.4) is 0 Å². The molecule has 29 heavy (non-hydrogen) atoms. The van der Waals surface area contributed by atoms with E-state index >= 15 is 0 Å². The summed E-state index contributed by atoms with van der Waals surface area (Å²) < 4.78 is 14.8. The number of piperazine rings is 1. The van der Waals surface area contributed by atoms with Crippen LogP contribution in [0.15, 0.2) is 48.5 Å². The molecule has 1 aromatic heterocycles. The number of Topliss-reactive ketones (excluding diaryl/α,β-unsaturated/α-hetero) is 1. The summed E-state index contributed by atoms with van der Waals surface area (Å²) >= 11 is 0. The first kappa shape index (κ1) is 19.3. The van der Waals surface area contributed by atoms with Crippen molar-refractivity contribution in [1.29, 1.82) is 0 Å². The van der Waals surface area contributed by atoms with E-state index in [4.69, 9.17) is 0 Å². The van der Waals surface area contributed by atoms with Crippen LogP contribution in [0.1, 0.15) is 27.8 Å². The zero-order valence-electron chi connectivity index (χ0n) is 16.5. The molecule has 1 aliphatic rings. The zero-order valence-corrected chi connectivity index (χ0v) is 16.5. The molecule has 4 rings (SSSR count). The number of fused-ring (bicyclic) bond motifs is 1. The molecule has 1 aliphatic heterocycles. The molecule has 0 unspecified atom stereocenters. The highest BCUT2D eigenvalue weighted by molar-refractivity contribution is 6.05. The van der Waals surface area contributed by atoms with Crippen LogP contribution in [0.2, 0.25) is 0 Å². The van der Waals surface area contributed by atoms with Crippen molar-refractivity contribution in [3.05, 3.63) is 65.6 Å². The number of hydrogen-bond donors (Lipinski definition) is 0. The van der Waals surface area contributed by atoms with Gasteiger partial charge in [0.1, 0.15) is 5.82 Å². The second-order valence-electron chi connectivity index (χ2n) is 7.49. The molecule has 0 aliphatic carbocycles. The van der Waals surface area contributed by atoms with E-state index in [1.54, 1.807) is 9.58 Å². The lowest BCUT2D eigenvalue weighted by Gasteiger charge is -2.39. The molecule has 1 saturated heterocycles. The molecular formula is C22H23FN4O2. The van der Waals surface area contributed by atoms with Crippen molar-refractivity contribution in [1.82, 2.24) is 19.6 Å². The summed E-state index contributed by atoms with van der Waals surface area (Å²) in [5, 5.41) is 5.28. The molecule has 1 amide bonds. The van der Waals surface area contributed by atoms with E-state index < -0.39 is 0 Å². The number of hydrogen-bond acceptors (Lipinski definition) is 4. The third kappa shape index (κ3) is 3.78. The van der Waals surface area contributed by atoms with Crippen molar-refractivity contribution in [2.75, 3.05) is 26.2 Å². The van der Waals surface area contributed by atoms with Crippen LogP contribution in [0.4, 0.5) is 4.39 Å².